The number of anilines is 1. The Balaban J connectivity index is 1.47. The molecular weight excluding hydrogens is 394 g/mol. The fraction of sp³-hybridized carbons (Fsp3) is 0.261. The van der Waals surface area contributed by atoms with Gasteiger partial charge in [0.25, 0.3) is 5.69 Å². The van der Waals surface area contributed by atoms with E-state index in [0.29, 0.717) is 22.7 Å². The van der Waals surface area contributed by atoms with Crippen molar-refractivity contribution in [1.29, 1.82) is 5.26 Å². The molecule has 0 amide bonds. The zero-order valence-electron chi connectivity index (χ0n) is 17.1. The number of hydrogen-bond donors (Lipinski definition) is 0. The molecule has 0 N–H and O–H groups in total. The van der Waals surface area contributed by atoms with Crippen molar-refractivity contribution in [2.75, 3.05) is 18.0 Å². The summed E-state index contributed by atoms with van der Waals surface area (Å²) >= 11 is 0. The molecule has 1 fully saturated rings. The first-order valence-corrected chi connectivity index (χ1v) is 10.0. The molecule has 0 saturated carbocycles. The lowest BCUT2D eigenvalue weighted by molar-refractivity contribution is -0.384. The predicted molar refractivity (Wildman–Crippen MR) is 116 cm³/mol. The van der Waals surface area contributed by atoms with Crippen LogP contribution in [0, 0.1) is 28.4 Å². The third-order valence-electron chi connectivity index (χ3n) is 5.19. The first-order valence-electron chi connectivity index (χ1n) is 10.0. The van der Waals surface area contributed by atoms with Gasteiger partial charge in [-0.1, -0.05) is 18.2 Å². The minimum absolute atomic E-state index is 0.0163. The van der Waals surface area contributed by atoms with E-state index in [2.05, 4.69) is 20.9 Å². The molecule has 0 atom stereocenters. The summed E-state index contributed by atoms with van der Waals surface area (Å²) in [5.41, 5.74) is 2.02. The van der Waals surface area contributed by atoms with E-state index < -0.39 is 4.92 Å². The van der Waals surface area contributed by atoms with Gasteiger partial charge < -0.3 is 9.64 Å². The van der Waals surface area contributed by atoms with E-state index in [4.69, 9.17) is 10.00 Å². The molecule has 2 heterocycles. The molecule has 2 aromatic carbocycles. The van der Waals surface area contributed by atoms with Crippen LogP contribution < -0.4 is 9.64 Å². The maximum atomic E-state index is 11.1. The summed E-state index contributed by atoms with van der Waals surface area (Å²) in [7, 11) is 0. The quantitative estimate of drug-likeness (QED) is 0.452. The lowest BCUT2D eigenvalue weighted by Crippen LogP contribution is -2.38. The van der Waals surface area contributed by atoms with Crippen LogP contribution in [0.15, 0.2) is 54.6 Å². The van der Waals surface area contributed by atoms with Crippen LogP contribution in [0.5, 0.6) is 5.75 Å². The van der Waals surface area contributed by atoms with Crippen molar-refractivity contribution < 1.29 is 9.66 Å². The minimum atomic E-state index is -0.419. The normalized spacial score (nSPS) is 14.1. The highest BCUT2D eigenvalue weighted by Gasteiger charge is 2.22. The van der Waals surface area contributed by atoms with Crippen molar-refractivity contribution in [2.24, 2.45) is 0 Å². The van der Waals surface area contributed by atoms with Gasteiger partial charge in [0.15, 0.2) is 5.82 Å². The Morgan fingerprint density at radius 3 is 2.65 bits per heavy atom. The van der Waals surface area contributed by atoms with Crippen molar-refractivity contribution in [2.45, 2.75) is 25.9 Å². The molecule has 4 rings (SSSR count). The van der Waals surface area contributed by atoms with Gasteiger partial charge in [-0.3, -0.25) is 10.1 Å². The van der Waals surface area contributed by atoms with Crippen molar-refractivity contribution in [3.05, 3.63) is 76.0 Å². The zero-order valence-corrected chi connectivity index (χ0v) is 17.1. The first-order chi connectivity index (χ1) is 15.0. The SMILES string of the molecule is Cc1cc(N2CCC(Oc3cccc(C#N)c3)CC2)nc(-c2cccc([N+](=O)[O-])c2)n1. The third-order valence-corrected chi connectivity index (χ3v) is 5.19. The van der Waals surface area contributed by atoms with Crippen LogP contribution in [0.4, 0.5) is 11.5 Å². The lowest BCUT2D eigenvalue weighted by atomic mass is 10.1. The van der Waals surface area contributed by atoms with Crippen LogP contribution in [-0.2, 0) is 0 Å². The second-order valence-electron chi connectivity index (χ2n) is 7.44. The monoisotopic (exact) mass is 415 g/mol. The molecule has 8 heteroatoms. The first kappa shape index (κ1) is 20.3. The maximum Gasteiger partial charge on any atom is 0.270 e. The van der Waals surface area contributed by atoms with E-state index in [1.54, 1.807) is 24.3 Å². The third kappa shape index (κ3) is 4.78. The van der Waals surface area contributed by atoms with Crippen LogP contribution in [0.3, 0.4) is 0 Å². The van der Waals surface area contributed by atoms with E-state index in [1.807, 2.05) is 25.1 Å². The van der Waals surface area contributed by atoms with Gasteiger partial charge in [-0.05, 0) is 25.1 Å². The van der Waals surface area contributed by atoms with Crippen molar-refractivity contribution in [1.82, 2.24) is 9.97 Å². The van der Waals surface area contributed by atoms with E-state index >= 15 is 0 Å². The fourth-order valence-electron chi connectivity index (χ4n) is 3.64. The highest BCUT2D eigenvalue weighted by Crippen LogP contribution is 2.26. The van der Waals surface area contributed by atoms with Gasteiger partial charge in [0.1, 0.15) is 17.7 Å². The Bertz CT molecular complexity index is 1150. The molecule has 0 radical (unpaired) electrons. The van der Waals surface area contributed by atoms with Crippen LogP contribution in [-0.4, -0.2) is 34.1 Å². The summed E-state index contributed by atoms with van der Waals surface area (Å²) in [6, 6.07) is 17.6. The summed E-state index contributed by atoms with van der Waals surface area (Å²) in [6.07, 6.45) is 1.72. The number of nitriles is 1. The standard InChI is InChI=1S/C23H21N5O3/c1-16-12-22(26-23(25-16)18-5-3-6-19(14-18)28(29)30)27-10-8-20(9-11-27)31-21-7-2-4-17(13-21)15-24/h2-7,12-14,20H,8-11H2,1H3. The summed E-state index contributed by atoms with van der Waals surface area (Å²) in [4.78, 5) is 22.0. The molecule has 0 unspecified atom stereocenters. The molecule has 1 aliphatic heterocycles. The minimum Gasteiger partial charge on any atom is -0.490 e. The molecule has 156 valence electrons. The highest BCUT2D eigenvalue weighted by molar-refractivity contribution is 5.61. The summed E-state index contributed by atoms with van der Waals surface area (Å²) in [5, 5.41) is 20.1. The van der Waals surface area contributed by atoms with Gasteiger partial charge in [-0.2, -0.15) is 5.26 Å². The summed E-state index contributed by atoms with van der Waals surface area (Å²) < 4.78 is 6.06. The van der Waals surface area contributed by atoms with E-state index in [1.165, 1.54) is 12.1 Å². The molecule has 1 aliphatic rings. The second kappa shape index (κ2) is 8.79. The summed E-state index contributed by atoms with van der Waals surface area (Å²) in [6.45, 7) is 3.44. The number of aryl methyl sites for hydroxylation is 1. The topological polar surface area (TPSA) is 105 Å². The lowest BCUT2D eigenvalue weighted by Gasteiger charge is -2.33. The van der Waals surface area contributed by atoms with Gasteiger partial charge in [-0.15, -0.1) is 0 Å². The molecule has 0 spiro atoms. The Kier molecular flexibility index (Phi) is 5.76. The van der Waals surface area contributed by atoms with Crippen LogP contribution in [0.25, 0.3) is 11.4 Å². The number of nitro groups is 1. The van der Waals surface area contributed by atoms with Gasteiger partial charge >= 0.3 is 0 Å². The fourth-order valence-corrected chi connectivity index (χ4v) is 3.64. The molecule has 0 aliphatic carbocycles. The predicted octanol–water partition coefficient (Wildman–Crippen LogP) is 4.28. The zero-order chi connectivity index (χ0) is 21.8. The van der Waals surface area contributed by atoms with Crippen LogP contribution in [0.2, 0.25) is 0 Å². The highest BCUT2D eigenvalue weighted by atomic mass is 16.6. The molecule has 8 nitrogen and oxygen atoms in total. The number of aromatic nitrogens is 2. The molecule has 1 aromatic heterocycles. The molecule has 3 aromatic rings. The Labute approximate surface area is 179 Å². The van der Waals surface area contributed by atoms with Crippen LogP contribution in [0.1, 0.15) is 24.1 Å². The Morgan fingerprint density at radius 1 is 1.13 bits per heavy atom. The number of nitro benzene ring substituents is 1. The van der Waals surface area contributed by atoms with Gasteiger partial charge in [0.2, 0.25) is 0 Å². The molecule has 1 saturated heterocycles. The van der Waals surface area contributed by atoms with Crippen molar-refractivity contribution >= 4 is 11.5 Å². The molecule has 0 bridgehead atoms. The number of nitrogens with zero attached hydrogens (tertiary/aromatic N) is 5. The number of benzene rings is 2. The number of piperidine rings is 1. The number of ether oxygens (including phenoxy) is 1. The van der Waals surface area contributed by atoms with E-state index in [-0.39, 0.29) is 11.8 Å². The Hall–Kier alpha value is -3.99. The van der Waals surface area contributed by atoms with Crippen molar-refractivity contribution in [3.8, 4) is 23.2 Å². The number of rotatable bonds is 5. The average molecular weight is 415 g/mol. The number of non-ortho nitro benzene ring substituents is 1. The Morgan fingerprint density at radius 2 is 1.90 bits per heavy atom. The van der Waals surface area contributed by atoms with E-state index in [0.717, 1.165) is 37.4 Å². The van der Waals surface area contributed by atoms with Gasteiger partial charge in [0, 0.05) is 55.4 Å². The average Bonchev–Trinajstić information content (AvgIpc) is 2.79. The maximum absolute atomic E-state index is 11.1. The van der Waals surface area contributed by atoms with Crippen molar-refractivity contribution in [3.63, 3.8) is 0 Å². The van der Waals surface area contributed by atoms with E-state index in [9.17, 15) is 10.1 Å². The number of hydrogen-bond acceptors (Lipinski definition) is 7. The summed E-state index contributed by atoms with van der Waals surface area (Å²) in [5.74, 6) is 1.99. The van der Waals surface area contributed by atoms with Gasteiger partial charge in [-0.25, -0.2) is 9.97 Å². The van der Waals surface area contributed by atoms with Gasteiger partial charge in [0.05, 0.1) is 16.6 Å². The smallest absolute Gasteiger partial charge is 0.270 e. The molecule has 31 heavy (non-hydrogen) atoms. The molecular formula is C23H21N5O3. The largest absolute Gasteiger partial charge is 0.490 e. The van der Waals surface area contributed by atoms with Crippen LogP contribution >= 0.6 is 0 Å². The second-order valence-corrected chi connectivity index (χ2v) is 7.44.